The molecule has 0 radical (unpaired) electrons. The zero-order valence-electron chi connectivity index (χ0n) is 15.4. The average molecular weight is 382 g/mol. The molecule has 2 amide bonds. The highest BCUT2D eigenvalue weighted by atomic mass is 32.2. The first-order valence-corrected chi connectivity index (χ1v) is 10.2. The van der Waals surface area contributed by atoms with Gasteiger partial charge >= 0.3 is 0 Å². The molecule has 2 heterocycles. The van der Waals surface area contributed by atoms with Gasteiger partial charge < -0.3 is 10.2 Å². The molecule has 0 bridgehead atoms. The maximum atomic E-state index is 12.9. The van der Waals surface area contributed by atoms with Gasteiger partial charge in [0.15, 0.2) is 0 Å². The van der Waals surface area contributed by atoms with E-state index >= 15 is 0 Å². The van der Waals surface area contributed by atoms with Crippen LogP contribution in [0.1, 0.15) is 21.5 Å². The van der Waals surface area contributed by atoms with Crippen molar-refractivity contribution < 1.29 is 9.59 Å². The molecule has 1 fully saturated rings. The molecular weight excluding hydrogens is 358 g/mol. The molecule has 0 saturated carbocycles. The monoisotopic (exact) mass is 381 g/mol. The SMILES string of the molecule is Cc1ccccc1CN1CCN(C(=O)c2ccc3c(c2)NC(=O)CS3)CC1. The van der Waals surface area contributed by atoms with Crippen molar-refractivity contribution in [3.63, 3.8) is 0 Å². The van der Waals surface area contributed by atoms with Gasteiger partial charge in [0.05, 0.1) is 11.4 Å². The Kier molecular flexibility index (Phi) is 5.18. The van der Waals surface area contributed by atoms with Crippen LogP contribution in [0.2, 0.25) is 0 Å². The van der Waals surface area contributed by atoms with Crippen LogP contribution in [0, 0.1) is 6.92 Å². The quantitative estimate of drug-likeness (QED) is 0.888. The van der Waals surface area contributed by atoms with Gasteiger partial charge in [0.1, 0.15) is 0 Å². The van der Waals surface area contributed by atoms with Crippen molar-refractivity contribution in [2.75, 3.05) is 37.2 Å². The van der Waals surface area contributed by atoms with Gasteiger partial charge in [-0.15, -0.1) is 11.8 Å². The van der Waals surface area contributed by atoms with Crippen LogP contribution in [0.25, 0.3) is 0 Å². The molecule has 0 aliphatic carbocycles. The van der Waals surface area contributed by atoms with Crippen molar-refractivity contribution in [2.24, 2.45) is 0 Å². The molecule has 27 heavy (non-hydrogen) atoms. The number of aryl methyl sites for hydroxylation is 1. The fourth-order valence-electron chi connectivity index (χ4n) is 3.54. The van der Waals surface area contributed by atoms with E-state index in [0.717, 1.165) is 43.3 Å². The summed E-state index contributed by atoms with van der Waals surface area (Å²) in [6, 6.07) is 14.1. The molecule has 5 nitrogen and oxygen atoms in total. The van der Waals surface area contributed by atoms with E-state index in [1.807, 2.05) is 17.0 Å². The number of benzene rings is 2. The number of rotatable bonds is 3. The molecule has 140 valence electrons. The highest BCUT2D eigenvalue weighted by Gasteiger charge is 2.24. The average Bonchev–Trinajstić information content (AvgIpc) is 2.69. The van der Waals surface area contributed by atoms with E-state index in [1.54, 1.807) is 6.07 Å². The van der Waals surface area contributed by atoms with E-state index in [2.05, 4.69) is 41.4 Å². The van der Waals surface area contributed by atoms with Crippen molar-refractivity contribution in [3.8, 4) is 0 Å². The highest BCUT2D eigenvalue weighted by molar-refractivity contribution is 8.00. The normalized spacial score (nSPS) is 17.4. The van der Waals surface area contributed by atoms with E-state index in [0.29, 0.717) is 11.3 Å². The van der Waals surface area contributed by atoms with Gasteiger partial charge in [-0.3, -0.25) is 14.5 Å². The third-order valence-corrected chi connectivity index (χ3v) is 6.25. The Bertz CT molecular complexity index is 875. The molecule has 6 heteroatoms. The summed E-state index contributed by atoms with van der Waals surface area (Å²) in [6.07, 6.45) is 0. The number of anilines is 1. The first kappa shape index (κ1) is 18.1. The van der Waals surface area contributed by atoms with Crippen LogP contribution in [-0.2, 0) is 11.3 Å². The Morgan fingerprint density at radius 1 is 1.11 bits per heavy atom. The summed E-state index contributed by atoms with van der Waals surface area (Å²) < 4.78 is 0. The molecule has 0 aromatic heterocycles. The Morgan fingerprint density at radius 3 is 2.67 bits per heavy atom. The molecule has 0 spiro atoms. The fraction of sp³-hybridized carbons (Fsp3) is 0.333. The maximum Gasteiger partial charge on any atom is 0.254 e. The summed E-state index contributed by atoms with van der Waals surface area (Å²) in [5.74, 6) is 0.462. The van der Waals surface area contributed by atoms with E-state index in [4.69, 9.17) is 0 Å². The summed E-state index contributed by atoms with van der Waals surface area (Å²) in [6.45, 7) is 6.26. The van der Waals surface area contributed by atoms with Gasteiger partial charge in [-0.25, -0.2) is 0 Å². The summed E-state index contributed by atoms with van der Waals surface area (Å²) in [5, 5.41) is 2.86. The maximum absolute atomic E-state index is 12.9. The van der Waals surface area contributed by atoms with Crippen molar-refractivity contribution >= 4 is 29.3 Å². The third kappa shape index (κ3) is 4.01. The standard InChI is InChI=1S/C21H23N3O2S/c1-15-4-2-3-5-17(15)13-23-8-10-24(11-9-23)21(26)16-6-7-19-18(12-16)22-20(25)14-27-19/h2-7,12H,8-11,13-14H2,1H3,(H,22,25). The predicted octanol–water partition coefficient (Wildman–Crippen LogP) is 3.00. The topological polar surface area (TPSA) is 52.6 Å². The fourth-order valence-corrected chi connectivity index (χ4v) is 4.32. The van der Waals surface area contributed by atoms with Gasteiger partial charge in [-0.1, -0.05) is 24.3 Å². The number of piperazine rings is 1. The Labute approximate surface area is 163 Å². The summed E-state index contributed by atoms with van der Waals surface area (Å²) >= 11 is 1.51. The molecule has 1 N–H and O–H groups in total. The first-order valence-electron chi connectivity index (χ1n) is 9.23. The van der Waals surface area contributed by atoms with Crippen molar-refractivity contribution in [1.82, 2.24) is 9.80 Å². The van der Waals surface area contributed by atoms with Crippen LogP contribution in [0.15, 0.2) is 47.4 Å². The number of hydrogen-bond acceptors (Lipinski definition) is 4. The number of nitrogens with one attached hydrogen (secondary N) is 1. The molecule has 2 aromatic carbocycles. The van der Waals surface area contributed by atoms with Crippen LogP contribution in [0.3, 0.4) is 0 Å². The molecule has 0 atom stereocenters. The van der Waals surface area contributed by atoms with Crippen molar-refractivity contribution in [3.05, 3.63) is 59.2 Å². The molecule has 2 aromatic rings. The summed E-state index contributed by atoms with van der Waals surface area (Å²) in [4.78, 5) is 29.8. The zero-order chi connectivity index (χ0) is 18.8. The van der Waals surface area contributed by atoms with Gasteiger partial charge in [-0.05, 0) is 36.2 Å². The minimum absolute atomic E-state index is 0.0121. The van der Waals surface area contributed by atoms with Crippen LogP contribution in [0.5, 0.6) is 0 Å². The van der Waals surface area contributed by atoms with E-state index in [9.17, 15) is 9.59 Å². The van der Waals surface area contributed by atoms with Gasteiger partial charge in [-0.2, -0.15) is 0 Å². The van der Waals surface area contributed by atoms with Gasteiger partial charge in [0, 0.05) is 43.2 Å². The third-order valence-electron chi connectivity index (χ3n) is 5.17. The number of thioether (sulfide) groups is 1. The molecule has 0 unspecified atom stereocenters. The second-order valence-corrected chi connectivity index (χ2v) is 8.06. The summed E-state index contributed by atoms with van der Waals surface area (Å²) in [7, 11) is 0. The lowest BCUT2D eigenvalue weighted by Gasteiger charge is -2.35. The van der Waals surface area contributed by atoms with Crippen molar-refractivity contribution in [2.45, 2.75) is 18.4 Å². The van der Waals surface area contributed by atoms with E-state index in [1.165, 1.54) is 22.9 Å². The largest absolute Gasteiger partial charge is 0.336 e. The number of carbonyl (C=O) groups is 2. The van der Waals surface area contributed by atoms with Crippen LogP contribution in [-0.4, -0.2) is 53.5 Å². The number of fused-ring (bicyclic) bond motifs is 1. The van der Waals surface area contributed by atoms with Crippen LogP contribution in [0.4, 0.5) is 5.69 Å². The highest BCUT2D eigenvalue weighted by Crippen LogP contribution is 2.32. The molecule has 2 aliphatic rings. The number of hydrogen-bond donors (Lipinski definition) is 1. The Balaban J connectivity index is 1.38. The van der Waals surface area contributed by atoms with Gasteiger partial charge in [0.2, 0.25) is 5.91 Å². The molecular formula is C21H23N3O2S. The number of carbonyl (C=O) groups excluding carboxylic acids is 2. The van der Waals surface area contributed by atoms with Gasteiger partial charge in [0.25, 0.3) is 5.91 Å². The molecule has 2 aliphatic heterocycles. The second kappa shape index (κ2) is 7.74. The predicted molar refractivity (Wildman–Crippen MR) is 108 cm³/mol. The lowest BCUT2D eigenvalue weighted by Crippen LogP contribution is -2.48. The van der Waals surface area contributed by atoms with Crippen LogP contribution >= 0.6 is 11.8 Å². The summed E-state index contributed by atoms with van der Waals surface area (Å²) in [5.41, 5.74) is 4.05. The number of amides is 2. The Morgan fingerprint density at radius 2 is 1.89 bits per heavy atom. The minimum atomic E-state index is -0.0121. The first-order chi connectivity index (χ1) is 13.1. The smallest absolute Gasteiger partial charge is 0.254 e. The lowest BCUT2D eigenvalue weighted by atomic mass is 10.1. The second-order valence-electron chi connectivity index (χ2n) is 7.04. The zero-order valence-corrected chi connectivity index (χ0v) is 16.2. The Hall–Kier alpha value is -2.31. The van der Waals surface area contributed by atoms with E-state index < -0.39 is 0 Å². The molecule has 4 rings (SSSR count). The van der Waals surface area contributed by atoms with Crippen molar-refractivity contribution in [1.29, 1.82) is 0 Å². The van der Waals surface area contributed by atoms with E-state index in [-0.39, 0.29) is 11.8 Å². The van der Waals surface area contributed by atoms with Crippen LogP contribution < -0.4 is 5.32 Å². The lowest BCUT2D eigenvalue weighted by molar-refractivity contribution is -0.113. The molecule has 1 saturated heterocycles. The number of nitrogens with zero attached hydrogens (tertiary/aromatic N) is 2. The minimum Gasteiger partial charge on any atom is -0.336 e.